The number of aryl methyl sites for hydroxylation is 1. The average Bonchev–Trinajstić information content (AvgIpc) is 2.39. The molecule has 3 nitrogen and oxygen atoms in total. The number of pyridine rings is 1. The monoisotopic (exact) mass is 291 g/mol. The number of ether oxygens (including phenoxy) is 1. The molecule has 0 amide bonds. The molecule has 1 aromatic carbocycles. The molecule has 0 aliphatic heterocycles. The van der Waals surface area contributed by atoms with Crippen LogP contribution in [0.3, 0.4) is 0 Å². The summed E-state index contributed by atoms with van der Waals surface area (Å²) in [5, 5.41) is 1.34. The quantitative estimate of drug-likeness (QED) is 0.927. The zero-order valence-corrected chi connectivity index (χ0v) is 12.7. The van der Waals surface area contributed by atoms with Gasteiger partial charge in [-0.05, 0) is 45.4 Å². The van der Waals surface area contributed by atoms with Gasteiger partial charge in [0.25, 0.3) is 0 Å². The van der Waals surface area contributed by atoms with Gasteiger partial charge >= 0.3 is 0 Å². The molecule has 0 fully saturated rings. The number of benzene rings is 1. The lowest BCUT2D eigenvalue weighted by atomic mass is 10.1. The Bertz CT molecular complexity index is 712. The van der Waals surface area contributed by atoms with E-state index in [9.17, 15) is 4.79 Å². The number of hydrogen-bond donors (Lipinski definition) is 1. The third-order valence-electron chi connectivity index (χ3n) is 3.18. The number of aromatic amines is 1. The number of aromatic nitrogens is 1. The fraction of sp³-hybridized carbons (Fsp3) is 0.312. The van der Waals surface area contributed by atoms with Crippen LogP contribution < -0.4 is 10.2 Å². The predicted molar refractivity (Wildman–Crippen MR) is 83.8 cm³/mol. The van der Waals surface area contributed by atoms with Gasteiger partial charge in [-0.3, -0.25) is 4.79 Å². The van der Waals surface area contributed by atoms with Crippen molar-refractivity contribution >= 4 is 22.5 Å². The van der Waals surface area contributed by atoms with Gasteiger partial charge in [-0.15, -0.1) is 0 Å². The first-order valence-electron chi connectivity index (χ1n) is 6.63. The summed E-state index contributed by atoms with van der Waals surface area (Å²) in [7, 11) is 0. The van der Waals surface area contributed by atoms with E-state index in [0.29, 0.717) is 29.2 Å². The van der Waals surface area contributed by atoms with Gasteiger partial charge in [-0.2, -0.15) is 0 Å². The van der Waals surface area contributed by atoms with E-state index in [1.54, 1.807) is 13.0 Å². The van der Waals surface area contributed by atoms with Crippen LogP contribution in [0.1, 0.15) is 25.1 Å². The molecule has 1 N–H and O–H groups in total. The highest BCUT2D eigenvalue weighted by atomic mass is 35.5. The Balaban J connectivity index is 2.59. The Hall–Kier alpha value is -1.74. The van der Waals surface area contributed by atoms with Gasteiger partial charge in [0, 0.05) is 27.2 Å². The van der Waals surface area contributed by atoms with Crippen molar-refractivity contribution in [2.24, 2.45) is 0 Å². The second-order valence-corrected chi connectivity index (χ2v) is 5.29. The van der Waals surface area contributed by atoms with Gasteiger partial charge in [0.2, 0.25) is 0 Å². The van der Waals surface area contributed by atoms with E-state index in [0.717, 1.165) is 16.8 Å². The van der Waals surface area contributed by atoms with E-state index in [1.807, 2.05) is 32.1 Å². The van der Waals surface area contributed by atoms with E-state index in [4.69, 9.17) is 16.3 Å². The Labute approximate surface area is 123 Å². The maximum absolute atomic E-state index is 12.6. The van der Waals surface area contributed by atoms with Gasteiger partial charge in [0.05, 0.1) is 6.61 Å². The van der Waals surface area contributed by atoms with Crippen LogP contribution in [-0.2, 0) is 6.42 Å². The van der Waals surface area contributed by atoms with Gasteiger partial charge in [-0.25, -0.2) is 0 Å². The van der Waals surface area contributed by atoms with Gasteiger partial charge in [0.15, 0.2) is 5.43 Å². The zero-order valence-electron chi connectivity index (χ0n) is 11.9. The third-order valence-corrected chi connectivity index (χ3v) is 3.34. The van der Waals surface area contributed by atoms with Gasteiger partial charge in [-0.1, -0.05) is 17.7 Å². The largest absolute Gasteiger partial charge is 0.494 e. The number of allylic oxidation sites excluding steroid dienone is 2. The highest BCUT2D eigenvalue weighted by Gasteiger charge is 2.09. The zero-order chi connectivity index (χ0) is 14.7. The first-order valence-corrected chi connectivity index (χ1v) is 7.01. The van der Waals surface area contributed by atoms with E-state index in [-0.39, 0.29) is 5.43 Å². The third kappa shape index (κ3) is 3.05. The minimum atomic E-state index is 0.0342. The van der Waals surface area contributed by atoms with E-state index in [2.05, 4.69) is 4.98 Å². The molecule has 1 heterocycles. The lowest BCUT2D eigenvalue weighted by molar-refractivity contribution is 0.340. The Morgan fingerprint density at radius 3 is 2.85 bits per heavy atom. The number of rotatable bonds is 4. The molecule has 0 radical (unpaired) electrons. The van der Waals surface area contributed by atoms with Crippen molar-refractivity contribution in [3.05, 3.63) is 50.8 Å². The maximum atomic E-state index is 12.6. The standard InChI is InChI=1S/C16H18ClNO2/c1-4-20-12-6-8-15-14(9-12)16(19)13(11(3)18-15)7-5-10(2)17/h5-6,8-9H,4,7H2,1-3H3,(H,18,19)/b10-5+. The molecule has 20 heavy (non-hydrogen) atoms. The molecule has 0 unspecified atom stereocenters. The highest BCUT2D eigenvalue weighted by Crippen LogP contribution is 2.19. The first-order chi connectivity index (χ1) is 9.52. The van der Waals surface area contributed by atoms with Crippen molar-refractivity contribution < 1.29 is 4.74 Å². The molecule has 4 heteroatoms. The molecule has 0 atom stereocenters. The summed E-state index contributed by atoms with van der Waals surface area (Å²) < 4.78 is 5.45. The summed E-state index contributed by atoms with van der Waals surface area (Å²) in [6.45, 7) is 6.21. The minimum absolute atomic E-state index is 0.0342. The molecule has 106 valence electrons. The topological polar surface area (TPSA) is 42.1 Å². The molecule has 2 aromatic rings. The summed E-state index contributed by atoms with van der Waals surface area (Å²) in [4.78, 5) is 15.8. The molecule has 0 aliphatic carbocycles. The van der Waals surface area contributed by atoms with Crippen LogP contribution in [0.5, 0.6) is 5.75 Å². The first kappa shape index (κ1) is 14.7. The molecule has 0 saturated heterocycles. The van der Waals surface area contributed by atoms with Crippen molar-refractivity contribution in [1.29, 1.82) is 0 Å². The second-order valence-electron chi connectivity index (χ2n) is 4.69. The number of nitrogens with one attached hydrogen (secondary N) is 1. The number of fused-ring (bicyclic) bond motifs is 1. The normalized spacial score (nSPS) is 11.9. The van der Waals surface area contributed by atoms with E-state index < -0.39 is 0 Å². The van der Waals surface area contributed by atoms with Gasteiger partial charge < -0.3 is 9.72 Å². The van der Waals surface area contributed by atoms with Crippen molar-refractivity contribution in [3.63, 3.8) is 0 Å². The molecular weight excluding hydrogens is 274 g/mol. The predicted octanol–water partition coefficient (Wildman–Crippen LogP) is 3.92. The second kappa shape index (κ2) is 6.14. The Morgan fingerprint density at radius 1 is 1.45 bits per heavy atom. The smallest absolute Gasteiger partial charge is 0.193 e. The maximum Gasteiger partial charge on any atom is 0.193 e. The summed E-state index contributed by atoms with van der Waals surface area (Å²) in [5.74, 6) is 0.712. The molecule has 2 rings (SSSR count). The van der Waals surface area contributed by atoms with Crippen molar-refractivity contribution in [1.82, 2.24) is 4.98 Å². The van der Waals surface area contributed by atoms with Crippen LogP contribution in [0.4, 0.5) is 0 Å². The Kier molecular flexibility index (Phi) is 4.50. The van der Waals surface area contributed by atoms with Crippen LogP contribution in [0.15, 0.2) is 34.1 Å². The fourth-order valence-corrected chi connectivity index (χ4v) is 2.25. The number of halogens is 1. The molecule has 1 aromatic heterocycles. The van der Waals surface area contributed by atoms with Crippen LogP contribution in [0.25, 0.3) is 10.9 Å². The van der Waals surface area contributed by atoms with Crippen LogP contribution in [0.2, 0.25) is 0 Å². The molecular formula is C16H18ClNO2. The lowest BCUT2D eigenvalue weighted by Gasteiger charge is -2.08. The van der Waals surface area contributed by atoms with Crippen molar-refractivity contribution in [2.75, 3.05) is 6.61 Å². The van der Waals surface area contributed by atoms with Gasteiger partial charge in [0.1, 0.15) is 5.75 Å². The molecule has 0 spiro atoms. The minimum Gasteiger partial charge on any atom is -0.494 e. The summed E-state index contributed by atoms with van der Waals surface area (Å²) in [5.41, 5.74) is 2.48. The van der Waals surface area contributed by atoms with Crippen LogP contribution in [0, 0.1) is 6.92 Å². The molecule has 0 aliphatic rings. The molecule has 0 saturated carbocycles. The summed E-state index contributed by atoms with van der Waals surface area (Å²) >= 11 is 5.85. The van der Waals surface area contributed by atoms with Crippen molar-refractivity contribution in [2.45, 2.75) is 27.2 Å². The summed E-state index contributed by atoms with van der Waals surface area (Å²) in [6.07, 6.45) is 2.38. The van der Waals surface area contributed by atoms with Crippen LogP contribution in [-0.4, -0.2) is 11.6 Å². The van der Waals surface area contributed by atoms with Crippen molar-refractivity contribution in [3.8, 4) is 5.75 Å². The van der Waals surface area contributed by atoms with E-state index >= 15 is 0 Å². The lowest BCUT2D eigenvalue weighted by Crippen LogP contribution is -2.13. The SMILES string of the molecule is CCOc1ccc2[nH]c(C)c(C/C=C(\C)Cl)c(=O)c2c1. The number of hydrogen-bond acceptors (Lipinski definition) is 2. The number of H-pyrrole nitrogens is 1. The average molecular weight is 292 g/mol. The van der Waals surface area contributed by atoms with Crippen LogP contribution >= 0.6 is 11.6 Å². The highest BCUT2D eigenvalue weighted by molar-refractivity contribution is 6.29. The Morgan fingerprint density at radius 2 is 2.20 bits per heavy atom. The van der Waals surface area contributed by atoms with E-state index in [1.165, 1.54) is 0 Å². The summed E-state index contributed by atoms with van der Waals surface area (Å²) in [6, 6.07) is 5.53. The molecule has 0 bridgehead atoms. The fourth-order valence-electron chi connectivity index (χ4n) is 2.18.